The maximum atomic E-state index is 12.6. The first kappa shape index (κ1) is 30.1. The lowest BCUT2D eigenvalue weighted by Gasteiger charge is -2.11. The van der Waals surface area contributed by atoms with E-state index < -0.39 is 11.9 Å². The van der Waals surface area contributed by atoms with Gasteiger partial charge in [-0.2, -0.15) is 0 Å². The third-order valence-electron chi connectivity index (χ3n) is 7.73. The van der Waals surface area contributed by atoms with Gasteiger partial charge in [-0.25, -0.2) is 9.59 Å². The van der Waals surface area contributed by atoms with Gasteiger partial charge in [-0.15, -0.1) is 45.3 Å². The lowest BCUT2D eigenvalue weighted by atomic mass is 9.96. The predicted octanol–water partition coefficient (Wildman–Crippen LogP) is 11.9. The van der Waals surface area contributed by atoms with Crippen molar-refractivity contribution in [3.8, 4) is 61.3 Å². The summed E-state index contributed by atoms with van der Waals surface area (Å²) in [5.74, 6) is -2.20. The van der Waals surface area contributed by atoms with Gasteiger partial charge in [-0.3, -0.25) is 0 Å². The molecule has 46 heavy (non-hydrogen) atoms. The highest BCUT2D eigenvalue weighted by atomic mass is 32.1. The summed E-state index contributed by atoms with van der Waals surface area (Å²) in [6.07, 6.45) is 0. The van der Waals surface area contributed by atoms with E-state index in [4.69, 9.17) is 0 Å². The normalized spacial score (nSPS) is 11.2. The van der Waals surface area contributed by atoms with Gasteiger partial charge in [-0.05, 0) is 85.6 Å². The van der Waals surface area contributed by atoms with E-state index in [2.05, 4.69) is 86.6 Å². The number of carboxylic acids is 2. The first-order valence-corrected chi connectivity index (χ1v) is 17.7. The summed E-state index contributed by atoms with van der Waals surface area (Å²) >= 11 is 6.28. The highest BCUT2D eigenvalue weighted by Gasteiger charge is 2.23. The van der Waals surface area contributed by atoms with Crippen molar-refractivity contribution in [3.05, 3.63) is 131 Å². The molecule has 0 amide bonds. The molecule has 3 aromatic carbocycles. The first-order valence-electron chi connectivity index (χ1n) is 14.4. The van der Waals surface area contributed by atoms with E-state index in [0.717, 1.165) is 40.4 Å². The fourth-order valence-corrected chi connectivity index (χ4v) is 9.55. The Balaban J connectivity index is 1.22. The standard InChI is InChI=1S/C38H26O4S4/c1-21-3-7-23(8-4-21)29-11-15-33(43-29)35-17-13-31(45-35)25-19-28(38(41)42)26(20-27(25)37(39)40)32-14-18-36(46-32)34-16-12-30(44-34)24-9-5-22(2)6-10-24/h3-20H,1-2H3,(H,39,40)(H,41,42). The van der Waals surface area contributed by atoms with Crippen LogP contribution in [0.4, 0.5) is 0 Å². The molecule has 7 rings (SSSR count). The van der Waals surface area contributed by atoms with Crippen LogP contribution in [0.5, 0.6) is 0 Å². The van der Waals surface area contributed by atoms with Crippen LogP contribution in [0.25, 0.3) is 61.3 Å². The van der Waals surface area contributed by atoms with E-state index in [9.17, 15) is 19.8 Å². The minimum atomic E-state index is -1.10. The number of carbonyl (C=O) groups is 2. The van der Waals surface area contributed by atoms with Gasteiger partial charge in [0, 0.05) is 50.1 Å². The number of thiophene rings is 4. The van der Waals surface area contributed by atoms with Crippen LogP contribution < -0.4 is 0 Å². The van der Waals surface area contributed by atoms with Crippen molar-refractivity contribution in [1.29, 1.82) is 0 Å². The minimum absolute atomic E-state index is 0.0765. The van der Waals surface area contributed by atoms with E-state index in [0.29, 0.717) is 20.9 Å². The van der Waals surface area contributed by atoms with Crippen molar-refractivity contribution in [3.63, 3.8) is 0 Å². The zero-order chi connectivity index (χ0) is 31.9. The molecule has 0 radical (unpaired) electrons. The van der Waals surface area contributed by atoms with Gasteiger partial charge in [-0.1, -0.05) is 59.7 Å². The molecular formula is C38H26O4S4. The van der Waals surface area contributed by atoms with Crippen LogP contribution in [0.2, 0.25) is 0 Å². The Hall–Kier alpha value is -4.60. The van der Waals surface area contributed by atoms with E-state index in [1.807, 2.05) is 24.3 Å². The number of rotatable bonds is 8. The number of hydrogen-bond acceptors (Lipinski definition) is 6. The number of carboxylic acid groups (broad SMARTS) is 2. The molecule has 4 aromatic heterocycles. The number of benzene rings is 3. The molecule has 0 bridgehead atoms. The molecule has 0 aliphatic rings. The lowest BCUT2D eigenvalue weighted by molar-refractivity contribution is 0.0682. The second-order valence-electron chi connectivity index (χ2n) is 10.9. The average Bonchev–Trinajstić information content (AvgIpc) is 3.87. The third-order valence-corrected chi connectivity index (χ3v) is 12.6. The fraction of sp³-hybridized carbons (Fsp3) is 0.0526. The number of aryl methyl sites for hydroxylation is 2. The fourth-order valence-electron chi connectivity index (χ4n) is 5.28. The number of aromatic carboxylic acids is 2. The molecule has 0 aliphatic heterocycles. The first-order chi connectivity index (χ1) is 22.2. The Morgan fingerprint density at radius 3 is 1.02 bits per heavy atom. The van der Waals surface area contributed by atoms with Gasteiger partial charge in [0.1, 0.15) is 0 Å². The Labute approximate surface area is 282 Å². The topological polar surface area (TPSA) is 74.6 Å². The molecule has 0 aliphatic carbocycles. The second-order valence-corrected chi connectivity index (χ2v) is 15.3. The summed E-state index contributed by atoms with van der Waals surface area (Å²) in [4.78, 5) is 33.0. The second kappa shape index (κ2) is 12.3. The summed E-state index contributed by atoms with van der Waals surface area (Å²) in [5, 5.41) is 20.6. The SMILES string of the molecule is Cc1ccc(-c2ccc(-c3ccc(-c4cc(C(=O)O)c(-c5ccc(-c6ccc(-c7ccc(C)cc7)s6)s5)cc4C(=O)O)s3)s2)cc1. The Bertz CT molecular complexity index is 2070. The van der Waals surface area contributed by atoms with Crippen molar-refractivity contribution in [2.45, 2.75) is 13.8 Å². The van der Waals surface area contributed by atoms with Crippen molar-refractivity contribution in [2.24, 2.45) is 0 Å². The molecule has 226 valence electrons. The van der Waals surface area contributed by atoms with Crippen molar-refractivity contribution in [1.82, 2.24) is 0 Å². The molecule has 0 saturated heterocycles. The van der Waals surface area contributed by atoms with Gasteiger partial charge in [0.05, 0.1) is 11.1 Å². The molecule has 0 unspecified atom stereocenters. The third kappa shape index (κ3) is 5.88. The zero-order valence-electron chi connectivity index (χ0n) is 24.7. The zero-order valence-corrected chi connectivity index (χ0v) is 28.0. The molecule has 0 atom stereocenters. The largest absolute Gasteiger partial charge is 0.478 e. The van der Waals surface area contributed by atoms with Crippen LogP contribution in [0.1, 0.15) is 31.8 Å². The van der Waals surface area contributed by atoms with Crippen molar-refractivity contribution in [2.75, 3.05) is 0 Å². The summed E-state index contributed by atoms with van der Waals surface area (Å²) in [6, 6.07) is 35.9. The van der Waals surface area contributed by atoms with Gasteiger partial charge >= 0.3 is 11.9 Å². The summed E-state index contributed by atoms with van der Waals surface area (Å²) in [5.41, 5.74) is 5.67. The molecule has 0 saturated carbocycles. The molecule has 4 heterocycles. The maximum absolute atomic E-state index is 12.6. The molecule has 0 fully saturated rings. The summed E-state index contributed by atoms with van der Waals surface area (Å²) < 4.78 is 0. The Kier molecular flexibility index (Phi) is 8.04. The Morgan fingerprint density at radius 2 is 0.696 bits per heavy atom. The van der Waals surface area contributed by atoms with E-state index in [1.54, 1.807) is 22.7 Å². The summed E-state index contributed by atoms with van der Waals surface area (Å²) in [6.45, 7) is 4.13. The lowest BCUT2D eigenvalue weighted by Crippen LogP contribution is -2.05. The monoisotopic (exact) mass is 674 g/mol. The van der Waals surface area contributed by atoms with E-state index in [1.165, 1.54) is 45.9 Å². The average molecular weight is 675 g/mol. The highest BCUT2D eigenvalue weighted by molar-refractivity contribution is 7.26. The quantitative estimate of drug-likeness (QED) is 0.168. The molecule has 2 N–H and O–H groups in total. The van der Waals surface area contributed by atoms with Gasteiger partial charge in [0.15, 0.2) is 0 Å². The van der Waals surface area contributed by atoms with Crippen LogP contribution in [0, 0.1) is 13.8 Å². The van der Waals surface area contributed by atoms with E-state index in [-0.39, 0.29) is 11.1 Å². The van der Waals surface area contributed by atoms with Crippen LogP contribution >= 0.6 is 45.3 Å². The van der Waals surface area contributed by atoms with Gasteiger partial charge in [0.2, 0.25) is 0 Å². The van der Waals surface area contributed by atoms with Crippen molar-refractivity contribution >= 4 is 57.3 Å². The van der Waals surface area contributed by atoms with Gasteiger partial charge < -0.3 is 10.2 Å². The number of hydrogen-bond donors (Lipinski definition) is 2. The smallest absolute Gasteiger partial charge is 0.336 e. The summed E-state index contributed by atoms with van der Waals surface area (Å²) in [7, 11) is 0. The van der Waals surface area contributed by atoms with Crippen LogP contribution in [-0.2, 0) is 0 Å². The van der Waals surface area contributed by atoms with E-state index >= 15 is 0 Å². The molecule has 0 spiro atoms. The highest BCUT2D eigenvalue weighted by Crippen LogP contribution is 2.45. The van der Waals surface area contributed by atoms with Crippen LogP contribution in [-0.4, -0.2) is 22.2 Å². The molecule has 8 heteroatoms. The predicted molar refractivity (Wildman–Crippen MR) is 194 cm³/mol. The van der Waals surface area contributed by atoms with Crippen molar-refractivity contribution < 1.29 is 19.8 Å². The maximum Gasteiger partial charge on any atom is 0.336 e. The van der Waals surface area contributed by atoms with Crippen LogP contribution in [0.15, 0.2) is 109 Å². The Morgan fingerprint density at radius 1 is 0.413 bits per heavy atom. The minimum Gasteiger partial charge on any atom is -0.478 e. The molecule has 7 aromatic rings. The van der Waals surface area contributed by atoms with Crippen LogP contribution in [0.3, 0.4) is 0 Å². The molecule has 4 nitrogen and oxygen atoms in total. The van der Waals surface area contributed by atoms with Gasteiger partial charge in [0.25, 0.3) is 0 Å². The molecular weight excluding hydrogens is 649 g/mol.